The lowest BCUT2D eigenvalue weighted by molar-refractivity contribution is 0.0785. The van der Waals surface area contributed by atoms with E-state index in [1.165, 1.54) is 0 Å². The molecule has 1 N–H and O–H groups in total. The van der Waals surface area contributed by atoms with Crippen molar-refractivity contribution < 1.29 is 9.53 Å². The van der Waals surface area contributed by atoms with Crippen LogP contribution in [0.3, 0.4) is 0 Å². The number of nitrogens with zero attached hydrogens (tertiary/aromatic N) is 3. The molecule has 0 bridgehead atoms. The van der Waals surface area contributed by atoms with E-state index < -0.39 is 0 Å². The molecular formula is C24H22N4O2. The average Bonchev–Trinajstić information content (AvgIpc) is 3.46. The number of carbonyl (C=O) groups is 1. The molecule has 0 radical (unpaired) electrons. The Balaban J connectivity index is 1.42. The number of hydrogen-bond donors (Lipinski definition) is 1. The lowest BCUT2D eigenvalue weighted by atomic mass is 10.0. The van der Waals surface area contributed by atoms with Crippen LogP contribution < -0.4 is 4.74 Å². The lowest BCUT2D eigenvalue weighted by Crippen LogP contribution is -2.26. The van der Waals surface area contributed by atoms with Crippen LogP contribution >= 0.6 is 0 Å². The summed E-state index contributed by atoms with van der Waals surface area (Å²) in [6, 6.07) is 15.8. The zero-order valence-electron chi connectivity index (χ0n) is 16.7. The zero-order valence-corrected chi connectivity index (χ0v) is 16.7. The van der Waals surface area contributed by atoms with Crippen molar-refractivity contribution in [3.05, 3.63) is 78.2 Å². The minimum atomic E-state index is -0.0632. The number of aromatic nitrogens is 3. The summed E-state index contributed by atoms with van der Waals surface area (Å²) in [5.74, 6) is 0.701. The van der Waals surface area contributed by atoms with Gasteiger partial charge in [0.2, 0.25) is 0 Å². The van der Waals surface area contributed by atoms with E-state index in [1.54, 1.807) is 30.5 Å². The van der Waals surface area contributed by atoms with Gasteiger partial charge in [-0.1, -0.05) is 30.3 Å². The molecule has 1 amide bonds. The topological polar surface area (TPSA) is 71.1 Å². The first-order chi connectivity index (χ1) is 14.7. The molecule has 1 aliphatic rings. The Labute approximate surface area is 174 Å². The molecule has 2 aromatic heterocycles. The van der Waals surface area contributed by atoms with Crippen LogP contribution in [-0.2, 0) is 6.54 Å². The summed E-state index contributed by atoms with van der Waals surface area (Å²) in [7, 11) is 1.80. The molecule has 1 saturated carbocycles. The number of ether oxygens (including phenoxy) is 1. The number of rotatable bonds is 6. The Morgan fingerprint density at radius 3 is 2.77 bits per heavy atom. The molecule has 1 fully saturated rings. The monoisotopic (exact) mass is 398 g/mol. The summed E-state index contributed by atoms with van der Waals surface area (Å²) in [6.07, 6.45) is 7.64. The Morgan fingerprint density at radius 2 is 1.97 bits per heavy atom. The van der Waals surface area contributed by atoms with Crippen molar-refractivity contribution in [2.45, 2.75) is 25.5 Å². The Kier molecular flexibility index (Phi) is 4.67. The molecule has 0 saturated heterocycles. The van der Waals surface area contributed by atoms with Crippen molar-refractivity contribution in [3.63, 3.8) is 0 Å². The second-order valence-electron chi connectivity index (χ2n) is 7.69. The normalized spacial score (nSPS) is 13.4. The minimum Gasteiger partial charge on any atom is -0.490 e. The Bertz CT molecular complexity index is 1200. The van der Waals surface area contributed by atoms with Crippen molar-refractivity contribution >= 4 is 16.8 Å². The molecule has 30 heavy (non-hydrogen) atoms. The maximum Gasteiger partial charge on any atom is 0.254 e. The fourth-order valence-electron chi connectivity index (χ4n) is 3.56. The first kappa shape index (κ1) is 18.4. The molecule has 0 unspecified atom stereocenters. The summed E-state index contributed by atoms with van der Waals surface area (Å²) >= 11 is 0. The van der Waals surface area contributed by atoms with E-state index in [0.29, 0.717) is 12.1 Å². The first-order valence-corrected chi connectivity index (χ1v) is 10.1. The van der Waals surface area contributed by atoms with Crippen LogP contribution in [-0.4, -0.2) is 39.1 Å². The standard InChI is InChI=1S/C24H22N4O2/c1-28(15-19-13-25-12-18-14-26-27-23(18)19)24(29)17-7-10-21(16-5-3-2-4-6-16)22(11-17)30-20-8-9-20/h2-7,10-14,20H,8-9,15H2,1H3,(H,26,27). The predicted octanol–water partition coefficient (Wildman–Crippen LogP) is 4.44. The highest BCUT2D eigenvalue weighted by Crippen LogP contribution is 2.36. The van der Waals surface area contributed by atoms with Gasteiger partial charge >= 0.3 is 0 Å². The highest BCUT2D eigenvalue weighted by Gasteiger charge is 2.26. The van der Waals surface area contributed by atoms with E-state index in [0.717, 1.165) is 46.2 Å². The smallest absolute Gasteiger partial charge is 0.254 e. The van der Waals surface area contributed by atoms with E-state index in [4.69, 9.17) is 4.74 Å². The summed E-state index contributed by atoms with van der Waals surface area (Å²) in [6.45, 7) is 0.435. The van der Waals surface area contributed by atoms with Crippen LogP contribution in [0.4, 0.5) is 0 Å². The summed E-state index contributed by atoms with van der Waals surface area (Å²) in [5.41, 5.74) is 4.53. The molecule has 4 aromatic rings. The maximum atomic E-state index is 13.1. The first-order valence-electron chi connectivity index (χ1n) is 10.1. The fraction of sp³-hybridized carbons (Fsp3) is 0.208. The number of amides is 1. The molecule has 150 valence electrons. The summed E-state index contributed by atoms with van der Waals surface area (Å²) < 4.78 is 6.15. The molecule has 6 nitrogen and oxygen atoms in total. The number of carbonyl (C=O) groups excluding carboxylic acids is 1. The number of aromatic amines is 1. The van der Waals surface area contributed by atoms with Gasteiger partial charge in [-0.25, -0.2) is 0 Å². The largest absolute Gasteiger partial charge is 0.490 e. The van der Waals surface area contributed by atoms with Gasteiger partial charge in [-0.15, -0.1) is 0 Å². The van der Waals surface area contributed by atoms with E-state index in [-0.39, 0.29) is 12.0 Å². The van der Waals surface area contributed by atoms with Gasteiger partial charge in [0.15, 0.2) is 0 Å². The van der Waals surface area contributed by atoms with Gasteiger partial charge in [0.05, 0.1) is 17.8 Å². The van der Waals surface area contributed by atoms with Crippen LogP contribution in [0.5, 0.6) is 5.75 Å². The van der Waals surface area contributed by atoms with Crippen LogP contribution in [0, 0.1) is 0 Å². The third-order valence-electron chi connectivity index (χ3n) is 5.32. The van der Waals surface area contributed by atoms with Crippen LogP contribution in [0.2, 0.25) is 0 Å². The van der Waals surface area contributed by atoms with Crippen LogP contribution in [0.25, 0.3) is 22.0 Å². The van der Waals surface area contributed by atoms with Crippen molar-refractivity contribution in [2.24, 2.45) is 0 Å². The van der Waals surface area contributed by atoms with E-state index >= 15 is 0 Å². The maximum absolute atomic E-state index is 13.1. The van der Waals surface area contributed by atoms with E-state index in [2.05, 4.69) is 27.3 Å². The van der Waals surface area contributed by atoms with Gasteiger partial charge in [0.25, 0.3) is 5.91 Å². The molecule has 2 heterocycles. The predicted molar refractivity (Wildman–Crippen MR) is 115 cm³/mol. The van der Waals surface area contributed by atoms with Gasteiger partial charge < -0.3 is 9.64 Å². The molecule has 6 heteroatoms. The number of H-pyrrole nitrogens is 1. The average molecular weight is 398 g/mol. The van der Waals surface area contributed by atoms with Gasteiger partial charge in [0.1, 0.15) is 5.75 Å². The van der Waals surface area contributed by atoms with Gasteiger partial charge in [-0.05, 0) is 36.6 Å². The Hall–Kier alpha value is -3.67. The quantitative estimate of drug-likeness (QED) is 0.521. The van der Waals surface area contributed by atoms with E-state index in [9.17, 15) is 4.79 Å². The molecule has 1 aliphatic carbocycles. The molecule has 5 rings (SSSR count). The Morgan fingerprint density at radius 1 is 1.13 bits per heavy atom. The van der Waals surface area contributed by atoms with Gasteiger partial charge in [-0.2, -0.15) is 5.10 Å². The number of benzene rings is 2. The molecule has 2 aromatic carbocycles. The van der Waals surface area contributed by atoms with Crippen molar-refractivity contribution in [2.75, 3.05) is 7.05 Å². The third-order valence-corrected chi connectivity index (χ3v) is 5.32. The number of hydrogen-bond acceptors (Lipinski definition) is 4. The fourth-order valence-corrected chi connectivity index (χ4v) is 3.56. The van der Waals surface area contributed by atoms with Crippen LogP contribution in [0.15, 0.2) is 67.1 Å². The van der Waals surface area contributed by atoms with Crippen molar-refractivity contribution in [3.8, 4) is 16.9 Å². The second kappa shape index (κ2) is 7.63. The van der Waals surface area contributed by atoms with Crippen LogP contribution in [0.1, 0.15) is 28.8 Å². The molecule has 0 aliphatic heterocycles. The number of pyridine rings is 1. The van der Waals surface area contributed by atoms with Gasteiger partial charge in [-0.3, -0.25) is 14.9 Å². The van der Waals surface area contributed by atoms with Crippen molar-refractivity contribution in [1.82, 2.24) is 20.1 Å². The SMILES string of the molecule is CN(Cc1cncc2cn[nH]c12)C(=O)c1ccc(-c2ccccc2)c(OC2CC2)c1. The molecule has 0 atom stereocenters. The highest BCUT2D eigenvalue weighted by molar-refractivity contribution is 5.95. The summed E-state index contributed by atoms with van der Waals surface area (Å²) in [4.78, 5) is 19.1. The third kappa shape index (κ3) is 3.64. The minimum absolute atomic E-state index is 0.0632. The second-order valence-corrected chi connectivity index (χ2v) is 7.69. The molecular weight excluding hydrogens is 376 g/mol. The molecule has 0 spiro atoms. The number of fused-ring (bicyclic) bond motifs is 1. The van der Waals surface area contributed by atoms with E-state index in [1.807, 2.05) is 36.4 Å². The van der Waals surface area contributed by atoms with Crippen molar-refractivity contribution in [1.29, 1.82) is 0 Å². The lowest BCUT2D eigenvalue weighted by Gasteiger charge is -2.19. The zero-order chi connectivity index (χ0) is 20.5. The number of nitrogens with one attached hydrogen (secondary N) is 1. The summed E-state index contributed by atoms with van der Waals surface area (Å²) in [5, 5.41) is 7.99. The highest BCUT2D eigenvalue weighted by atomic mass is 16.5. The van der Waals surface area contributed by atoms with Gasteiger partial charge in [0, 0.05) is 48.1 Å².